The van der Waals surface area contributed by atoms with E-state index in [1.807, 2.05) is 37.3 Å². The summed E-state index contributed by atoms with van der Waals surface area (Å²) in [5.74, 6) is -1.14. The standard InChI is InChI=1S/C21H32O4.5C2H6O/c1-4-5-6-7-8-9-13-16-21(3,24-17-18(2)20(22)23)25-19-14-11-10-12-15-19;5*1-2-3/h10-12,14-15,17H,4-9,13,16H2,1-3H3,(H,22,23);5*3H,2H2,1H3. The summed E-state index contributed by atoms with van der Waals surface area (Å²) in [4.78, 5) is 11.0. The fraction of sp³-hybridized carbons (Fsp3) is 0.710. The van der Waals surface area contributed by atoms with Gasteiger partial charge < -0.3 is 40.1 Å². The van der Waals surface area contributed by atoms with Crippen LogP contribution in [0, 0.1) is 0 Å². The zero-order valence-electron chi connectivity index (χ0n) is 26.6. The molecule has 0 amide bonds. The molecule has 1 aromatic carbocycles. The van der Waals surface area contributed by atoms with Crippen LogP contribution in [0.5, 0.6) is 5.75 Å². The Morgan fingerprint density at radius 2 is 1.10 bits per heavy atom. The number of aliphatic hydroxyl groups excluding tert-OH is 5. The van der Waals surface area contributed by atoms with Gasteiger partial charge in [0.15, 0.2) is 0 Å². The van der Waals surface area contributed by atoms with E-state index in [1.54, 1.807) is 34.6 Å². The molecule has 9 heteroatoms. The first-order valence-corrected chi connectivity index (χ1v) is 14.4. The van der Waals surface area contributed by atoms with Gasteiger partial charge in [-0.3, -0.25) is 0 Å². The highest BCUT2D eigenvalue weighted by Crippen LogP contribution is 2.26. The van der Waals surface area contributed by atoms with Crippen LogP contribution in [-0.2, 0) is 9.53 Å². The first-order valence-electron chi connectivity index (χ1n) is 14.4. The van der Waals surface area contributed by atoms with Gasteiger partial charge >= 0.3 is 5.97 Å². The zero-order valence-corrected chi connectivity index (χ0v) is 26.6. The highest BCUT2D eigenvalue weighted by Gasteiger charge is 2.27. The quantitative estimate of drug-likeness (QED) is 0.0723. The van der Waals surface area contributed by atoms with E-state index >= 15 is 0 Å². The minimum atomic E-state index is -0.988. The fourth-order valence-corrected chi connectivity index (χ4v) is 2.54. The Hall–Kier alpha value is -2.17. The monoisotopic (exact) mass is 578 g/mol. The lowest BCUT2D eigenvalue weighted by atomic mass is 10.1. The van der Waals surface area contributed by atoms with E-state index in [2.05, 4.69) is 6.92 Å². The van der Waals surface area contributed by atoms with Gasteiger partial charge in [0.1, 0.15) is 5.75 Å². The molecule has 0 fully saturated rings. The van der Waals surface area contributed by atoms with Crippen molar-refractivity contribution < 1.29 is 44.9 Å². The molecule has 6 N–H and O–H groups in total. The van der Waals surface area contributed by atoms with Crippen molar-refractivity contribution in [2.75, 3.05) is 33.0 Å². The maximum atomic E-state index is 11.0. The predicted molar refractivity (Wildman–Crippen MR) is 164 cm³/mol. The van der Waals surface area contributed by atoms with E-state index in [-0.39, 0.29) is 38.6 Å². The van der Waals surface area contributed by atoms with E-state index in [1.165, 1.54) is 45.3 Å². The van der Waals surface area contributed by atoms with E-state index < -0.39 is 11.8 Å². The highest BCUT2D eigenvalue weighted by molar-refractivity contribution is 5.85. The topological polar surface area (TPSA) is 157 Å². The molecule has 0 aliphatic rings. The predicted octanol–water partition coefficient (Wildman–Crippen LogP) is 5.92. The van der Waals surface area contributed by atoms with Gasteiger partial charge in [-0.15, -0.1) is 0 Å². The van der Waals surface area contributed by atoms with E-state index in [9.17, 15) is 4.79 Å². The minimum Gasteiger partial charge on any atom is -0.478 e. The second-order valence-corrected chi connectivity index (χ2v) is 8.23. The number of benzene rings is 1. The Balaban J connectivity index is -0.000000226. The van der Waals surface area contributed by atoms with Crippen molar-refractivity contribution in [2.45, 2.75) is 113 Å². The third-order valence-corrected chi connectivity index (χ3v) is 4.13. The maximum Gasteiger partial charge on any atom is 0.334 e. The first kappa shape index (κ1) is 47.6. The average molecular weight is 579 g/mol. The molecule has 1 unspecified atom stereocenters. The van der Waals surface area contributed by atoms with Crippen molar-refractivity contribution in [3.63, 3.8) is 0 Å². The van der Waals surface area contributed by atoms with Gasteiger partial charge in [-0.2, -0.15) is 0 Å². The van der Waals surface area contributed by atoms with Crippen LogP contribution in [0.25, 0.3) is 0 Å². The van der Waals surface area contributed by atoms with Gasteiger partial charge in [-0.25, -0.2) is 4.79 Å². The molecule has 0 aromatic heterocycles. The van der Waals surface area contributed by atoms with Gasteiger partial charge in [0, 0.05) is 46.4 Å². The average Bonchev–Trinajstić information content (AvgIpc) is 2.90. The summed E-state index contributed by atoms with van der Waals surface area (Å²) in [5.41, 5.74) is 0.155. The molecule has 0 bridgehead atoms. The van der Waals surface area contributed by atoms with Crippen molar-refractivity contribution in [1.82, 2.24) is 0 Å². The number of rotatable bonds is 13. The number of ether oxygens (including phenoxy) is 2. The molecular weight excluding hydrogens is 516 g/mol. The van der Waals surface area contributed by atoms with Crippen LogP contribution in [0.2, 0.25) is 0 Å². The van der Waals surface area contributed by atoms with Crippen molar-refractivity contribution in [3.8, 4) is 5.75 Å². The Kier molecular flexibility index (Phi) is 49.2. The second-order valence-electron chi connectivity index (χ2n) is 8.23. The van der Waals surface area contributed by atoms with Gasteiger partial charge in [-0.05, 0) is 60.1 Å². The molecule has 0 spiro atoms. The number of carboxylic acid groups (broad SMARTS) is 1. The summed E-state index contributed by atoms with van der Waals surface area (Å²) in [6.45, 7) is 15.2. The molecule has 0 saturated heterocycles. The van der Waals surface area contributed by atoms with Crippen LogP contribution in [0.4, 0.5) is 0 Å². The van der Waals surface area contributed by atoms with Gasteiger partial charge in [0.25, 0.3) is 0 Å². The SMILES string of the molecule is CCCCCCCCCC(C)(OC=C(C)C(=O)O)Oc1ccccc1.CCO.CCO.CCO.CCO.CCO. The highest BCUT2D eigenvalue weighted by atomic mass is 16.7. The molecule has 0 aliphatic carbocycles. The van der Waals surface area contributed by atoms with Crippen LogP contribution in [0.3, 0.4) is 0 Å². The van der Waals surface area contributed by atoms with Crippen molar-refractivity contribution in [2.24, 2.45) is 0 Å². The van der Waals surface area contributed by atoms with Crippen LogP contribution < -0.4 is 4.74 Å². The number of hydrogen-bond donors (Lipinski definition) is 6. The Bertz CT molecular complexity index is 598. The summed E-state index contributed by atoms with van der Waals surface area (Å²) >= 11 is 0. The fourth-order valence-electron chi connectivity index (χ4n) is 2.54. The molecule has 0 saturated carbocycles. The lowest BCUT2D eigenvalue weighted by molar-refractivity contribution is -0.140. The summed E-state index contributed by atoms with van der Waals surface area (Å²) in [6.07, 6.45) is 10.4. The van der Waals surface area contributed by atoms with E-state index in [0.29, 0.717) is 12.2 Å². The van der Waals surface area contributed by atoms with Crippen LogP contribution in [-0.4, -0.2) is 75.4 Å². The van der Waals surface area contributed by atoms with Crippen LogP contribution in [0.1, 0.15) is 107 Å². The number of aliphatic carboxylic acids is 1. The Morgan fingerprint density at radius 1 is 0.725 bits per heavy atom. The minimum absolute atomic E-state index is 0.155. The summed E-state index contributed by atoms with van der Waals surface area (Å²) < 4.78 is 11.8. The first-order chi connectivity index (χ1) is 19.0. The van der Waals surface area contributed by atoms with Gasteiger partial charge in [0.2, 0.25) is 5.79 Å². The smallest absolute Gasteiger partial charge is 0.334 e. The number of para-hydroxylation sites is 1. The third kappa shape index (κ3) is 45.7. The molecule has 0 aliphatic heterocycles. The van der Waals surface area contributed by atoms with Crippen molar-refractivity contribution >= 4 is 5.97 Å². The number of carbonyl (C=O) groups is 1. The van der Waals surface area contributed by atoms with Crippen molar-refractivity contribution in [1.29, 1.82) is 0 Å². The Labute approximate surface area is 244 Å². The largest absolute Gasteiger partial charge is 0.478 e. The summed E-state index contributed by atoms with van der Waals surface area (Å²) in [7, 11) is 0. The molecule has 40 heavy (non-hydrogen) atoms. The van der Waals surface area contributed by atoms with Crippen LogP contribution in [0.15, 0.2) is 42.2 Å². The molecule has 0 radical (unpaired) electrons. The van der Waals surface area contributed by atoms with Gasteiger partial charge in [0.05, 0.1) is 11.8 Å². The molecule has 1 atom stereocenters. The number of unbranched alkanes of at least 4 members (excludes halogenated alkanes) is 6. The van der Waals surface area contributed by atoms with E-state index in [0.717, 1.165) is 12.8 Å². The Morgan fingerprint density at radius 3 is 1.48 bits per heavy atom. The second kappa shape index (κ2) is 41.3. The van der Waals surface area contributed by atoms with Gasteiger partial charge in [-0.1, -0.05) is 63.6 Å². The summed E-state index contributed by atoms with van der Waals surface area (Å²) in [5, 5.41) is 46.8. The number of carboxylic acids is 1. The third-order valence-electron chi connectivity index (χ3n) is 4.13. The molecule has 1 aromatic rings. The zero-order chi connectivity index (χ0) is 32.1. The summed E-state index contributed by atoms with van der Waals surface area (Å²) in [6, 6.07) is 9.49. The van der Waals surface area contributed by atoms with E-state index in [4.69, 9.17) is 40.1 Å². The molecule has 0 heterocycles. The van der Waals surface area contributed by atoms with Crippen LogP contribution >= 0.6 is 0 Å². The lowest BCUT2D eigenvalue weighted by Crippen LogP contribution is -2.34. The van der Waals surface area contributed by atoms with Crippen molar-refractivity contribution in [3.05, 3.63) is 42.2 Å². The number of hydrogen-bond acceptors (Lipinski definition) is 8. The molecule has 1 rings (SSSR count). The normalized spacial score (nSPS) is 11.0. The maximum absolute atomic E-state index is 11.0. The molecule has 9 nitrogen and oxygen atoms in total. The number of aliphatic hydroxyl groups is 5. The lowest BCUT2D eigenvalue weighted by Gasteiger charge is -2.30. The molecular formula is C31H62O9. The molecule has 240 valence electrons.